The summed E-state index contributed by atoms with van der Waals surface area (Å²) in [6, 6.07) is 17.9. The van der Waals surface area contributed by atoms with Crippen LogP contribution in [-0.2, 0) is 0 Å². The smallest absolute Gasteiger partial charge is 0.238 e. The minimum absolute atomic E-state index is 0.236. The van der Waals surface area contributed by atoms with E-state index in [9.17, 15) is 10.1 Å². The van der Waals surface area contributed by atoms with E-state index in [-0.39, 0.29) is 4.92 Å². The van der Waals surface area contributed by atoms with Gasteiger partial charge in [0.15, 0.2) is 0 Å². The zero-order valence-corrected chi connectivity index (χ0v) is 11.9. The molecule has 21 heavy (non-hydrogen) atoms. The molecule has 0 radical (unpaired) electrons. The van der Waals surface area contributed by atoms with Gasteiger partial charge in [-0.05, 0) is 11.1 Å². The van der Waals surface area contributed by atoms with Gasteiger partial charge in [-0.1, -0.05) is 67.6 Å². The molecule has 0 aromatic heterocycles. The van der Waals surface area contributed by atoms with Gasteiger partial charge in [0, 0.05) is 17.6 Å². The average Bonchev–Trinajstić information content (AvgIpc) is 2.53. The van der Waals surface area contributed by atoms with Crippen molar-refractivity contribution >= 4 is 6.21 Å². The maximum atomic E-state index is 11.3. The minimum Gasteiger partial charge on any atom is -0.277 e. The molecule has 2 rings (SSSR count). The molecule has 2 aromatic rings. The molecule has 0 unspecified atom stereocenters. The van der Waals surface area contributed by atoms with Crippen molar-refractivity contribution in [2.75, 3.05) is 0 Å². The number of benzene rings is 2. The van der Waals surface area contributed by atoms with E-state index in [0.717, 1.165) is 11.1 Å². The molecule has 0 aliphatic heterocycles. The Bertz CT molecular complexity index is 597. The zero-order chi connectivity index (χ0) is 15.1. The highest BCUT2D eigenvalue weighted by Crippen LogP contribution is 2.25. The first-order valence-electron chi connectivity index (χ1n) is 6.99. The molecule has 0 saturated heterocycles. The van der Waals surface area contributed by atoms with Gasteiger partial charge in [-0.2, -0.15) is 0 Å². The van der Waals surface area contributed by atoms with Crippen molar-refractivity contribution in [3.8, 4) is 0 Å². The molecule has 0 spiro atoms. The number of nitro groups is 1. The second-order valence-corrected chi connectivity index (χ2v) is 4.81. The van der Waals surface area contributed by atoms with Crippen LogP contribution < -0.4 is 0 Å². The Morgan fingerprint density at radius 3 is 2.19 bits per heavy atom. The second-order valence-electron chi connectivity index (χ2n) is 4.81. The molecule has 4 nitrogen and oxygen atoms in total. The van der Waals surface area contributed by atoms with Gasteiger partial charge in [0.25, 0.3) is 0 Å². The standard InChI is InChI=1S/C17H18N2O2/c1-2-16(19(20)21)17(15-11-7-4-8-12-15)18-13-14-9-5-3-6-10-14/h3-13,16-17H,2H2,1H3/t16-,17+/m0/s1. The van der Waals surface area contributed by atoms with Crippen LogP contribution in [0.5, 0.6) is 0 Å². The van der Waals surface area contributed by atoms with E-state index in [1.807, 2.05) is 67.6 Å². The molecule has 4 heteroatoms. The van der Waals surface area contributed by atoms with Crippen molar-refractivity contribution in [3.63, 3.8) is 0 Å². The third kappa shape index (κ3) is 3.99. The molecule has 0 bridgehead atoms. The highest BCUT2D eigenvalue weighted by Gasteiger charge is 2.30. The molecule has 108 valence electrons. The Balaban J connectivity index is 2.32. The molecule has 0 fully saturated rings. The summed E-state index contributed by atoms with van der Waals surface area (Å²) in [4.78, 5) is 15.5. The molecule has 0 N–H and O–H groups in total. The Hall–Kier alpha value is -2.49. The van der Waals surface area contributed by atoms with Crippen molar-refractivity contribution < 1.29 is 4.92 Å². The number of rotatable bonds is 6. The fourth-order valence-electron chi connectivity index (χ4n) is 2.25. The topological polar surface area (TPSA) is 55.5 Å². The first-order chi connectivity index (χ1) is 10.2. The third-order valence-corrected chi connectivity index (χ3v) is 3.38. The van der Waals surface area contributed by atoms with Crippen LogP contribution in [0.25, 0.3) is 0 Å². The number of nitrogens with zero attached hydrogens (tertiary/aromatic N) is 2. The van der Waals surface area contributed by atoms with Gasteiger partial charge < -0.3 is 0 Å². The quantitative estimate of drug-likeness (QED) is 0.458. The van der Waals surface area contributed by atoms with Gasteiger partial charge in [0.1, 0.15) is 6.04 Å². The van der Waals surface area contributed by atoms with Crippen LogP contribution in [0.4, 0.5) is 0 Å². The summed E-state index contributed by atoms with van der Waals surface area (Å²) in [5.74, 6) is 0. The highest BCUT2D eigenvalue weighted by atomic mass is 16.6. The summed E-state index contributed by atoms with van der Waals surface area (Å²) < 4.78 is 0. The maximum absolute atomic E-state index is 11.3. The zero-order valence-electron chi connectivity index (χ0n) is 11.9. The molecule has 2 aromatic carbocycles. The molecular formula is C17H18N2O2. The van der Waals surface area contributed by atoms with Crippen LogP contribution in [0.3, 0.4) is 0 Å². The van der Waals surface area contributed by atoms with E-state index in [4.69, 9.17) is 0 Å². The summed E-state index contributed by atoms with van der Waals surface area (Å²) in [6.07, 6.45) is 2.16. The van der Waals surface area contributed by atoms with E-state index >= 15 is 0 Å². The maximum Gasteiger partial charge on any atom is 0.238 e. The molecule has 2 atom stereocenters. The van der Waals surface area contributed by atoms with Crippen LogP contribution in [0.2, 0.25) is 0 Å². The first-order valence-corrected chi connectivity index (χ1v) is 6.99. The molecule has 0 saturated carbocycles. The van der Waals surface area contributed by atoms with Gasteiger partial charge >= 0.3 is 0 Å². The second kappa shape index (κ2) is 7.33. The highest BCUT2D eigenvalue weighted by molar-refractivity contribution is 5.79. The molecule has 0 amide bonds. The Kier molecular flexibility index (Phi) is 5.21. The Morgan fingerprint density at radius 1 is 1.10 bits per heavy atom. The lowest BCUT2D eigenvalue weighted by atomic mass is 9.98. The average molecular weight is 282 g/mol. The third-order valence-electron chi connectivity index (χ3n) is 3.38. The van der Waals surface area contributed by atoms with Gasteiger partial charge in [-0.25, -0.2) is 0 Å². The Labute approximate surface area is 124 Å². The summed E-state index contributed by atoms with van der Waals surface area (Å²) >= 11 is 0. The molecular weight excluding hydrogens is 264 g/mol. The lowest BCUT2D eigenvalue weighted by Crippen LogP contribution is -2.26. The number of hydrogen-bond donors (Lipinski definition) is 0. The monoisotopic (exact) mass is 282 g/mol. The molecule has 0 heterocycles. The molecule has 0 aliphatic carbocycles. The number of aliphatic imine (C=N–C) groups is 1. The first kappa shape index (κ1) is 14.9. The minimum atomic E-state index is -0.715. The summed E-state index contributed by atoms with van der Waals surface area (Å²) in [5, 5.41) is 11.3. The predicted molar refractivity (Wildman–Crippen MR) is 84.3 cm³/mol. The van der Waals surface area contributed by atoms with Crippen LogP contribution in [0.15, 0.2) is 65.7 Å². The van der Waals surface area contributed by atoms with Crippen molar-refractivity contribution in [1.29, 1.82) is 0 Å². The summed E-state index contributed by atoms with van der Waals surface area (Å²) in [7, 11) is 0. The van der Waals surface area contributed by atoms with Crippen LogP contribution in [0, 0.1) is 10.1 Å². The van der Waals surface area contributed by atoms with Crippen LogP contribution in [0.1, 0.15) is 30.5 Å². The largest absolute Gasteiger partial charge is 0.277 e. The van der Waals surface area contributed by atoms with E-state index in [1.54, 1.807) is 6.21 Å². The van der Waals surface area contributed by atoms with Crippen LogP contribution >= 0.6 is 0 Å². The lowest BCUT2D eigenvalue weighted by Gasteiger charge is -2.16. The van der Waals surface area contributed by atoms with Crippen molar-refractivity contribution in [2.24, 2.45) is 4.99 Å². The lowest BCUT2D eigenvalue weighted by molar-refractivity contribution is -0.527. The molecule has 0 aliphatic rings. The van der Waals surface area contributed by atoms with Crippen molar-refractivity contribution in [3.05, 3.63) is 81.9 Å². The number of hydrogen-bond acceptors (Lipinski definition) is 3. The predicted octanol–water partition coefficient (Wildman–Crippen LogP) is 3.90. The van der Waals surface area contributed by atoms with Crippen molar-refractivity contribution in [1.82, 2.24) is 0 Å². The Morgan fingerprint density at radius 2 is 1.67 bits per heavy atom. The van der Waals surface area contributed by atoms with E-state index in [2.05, 4.69) is 4.99 Å². The summed E-state index contributed by atoms with van der Waals surface area (Å²) in [5.41, 5.74) is 1.81. The fraction of sp³-hybridized carbons (Fsp3) is 0.235. The van der Waals surface area contributed by atoms with Gasteiger partial charge in [0.05, 0.1) is 0 Å². The fourth-order valence-corrected chi connectivity index (χ4v) is 2.25. The van der Waals surface area contributed by atoms with Crippen LogP contribution in [-0.4, -0.2) is 17.2 Å². The van der Waals surface area contributed by atoms with Crippen molar-refractivity contribution in [2.45, 2.75) is 25.4 Å². The van der Waals surface area contributed by atoms with E-state index < -0.39 is 12.1 Å². The normalized spacial score (nSPS) is 14.0. The van der Waals surface area contributed by atoms with Gasteiger partial charge in [-0.15, -0.1) is 0 Å². The SMILES string of the molecule is CC[C@@H]([C@H](N=Cc1ccccc1)c1ccccc1)[N+](=O)[O-]. The summed E-state index contributed by atoms with van der Waals surface area (Å²) in [6.45, 7) is 1.82. The van der Waals surface area contributed by atoms with Gasteiger partial charge in [-0.3, -0.25) is 15.1 Å². The van der Waals surface area contributed by atoms with Gasteiger partial charge in [0.2, 0.25) is 6.04 Å². The van der Waals surface area contributed by atoms with E-state index in [1.165, 1.54) is 0 Å². The van der Waals surface area contributed by atoms with E-state index in [0.29, 0.717) is 6.42 Å².